The molecule has 4 nitrogen and oxygen atoms in total. The van der Waals surface area contributed by atoms with Crippen molar-refractivity contribution in [3.8, 4) is 11.5 Å². The summed E-state index contributed by atoms with van der Waals surface area (Å²) in [6.45, 7) is 5.49. The van der Waals surface area contributed by atoms with Gasteiger partial charge in [-0.25, -0.2) is 0 Å². The maximum absolute atomic E-state index is 6.09. The number of ether oxygens (including phenoxy) is 2. The van der Waals surface area contributed by atoms with Crippen molar-refractivity contribution >= 4 is 17.1 Å². The van der Waals surface area contributed by atoms with Crippen LogP contribution in [0, 0.1) is 0 Å². The third-order valence-corrected chi connectivity index (χ3v) is 3.55. The molecule has 0 radical (unpaired) electrons. The van der Waals surface area contributed by atoms with E-state index in [0.29, 0.717) is 30.6 Å². The van der Waals surface area contributed by atoms with Crippen LogP contribution in [0.15, 0.2) is 36.4 Å². The van der Waals surface area contributed by atoms with Gasteiger partial charge in [-0.3, -0.25) is 0 Å². The van der Waals surface area contributed by atoms with E-state index in [1.54, 1.807) is 0 Å². The van der Waals surface area contributed by atoms with E-state index < -0.39 is 0 Å². The quantitative estimate of drug-likeness (QED) is 0.839. The van der Waals surface area contributed by atoms with Gasteiger partial charge in [0.1, 0.15) is 13.2 Å². The number of fused-ring (bicyclic) bond motifs is 1. The van der Waals surface area contributed by atoms with Gasteiger partial charge in [-0.15, -0.1) is 0 Å². The average molecular weight is 284 g/mol. The lowest BCUT2D eigenvalue weighted by molar-refractivity contribution is 0.172. The maximum Gasteiger partial charge on any atom is 0.163 e. The molecule has 3 N–H and O–H groups in total. The van der Waals surface area contributed by atoms with Crippen LogP contribution in [0.25, 0.3) is 0 Å². The summed E-state index contributed by atoms with van der Waals surface area (Å²) in [5.74, 6) is 1.93. The predicted octanol–water partition coefficient (Wildman–Crippen LogP) is 3.91. The molecule has 4 heteroatoms. The Labute approximate surface area is 124 Å². The van der Waals surface area contributed by atoms with Crippen molar-refractivity contribution in [2.45, 2.75) is 19.8 Å². The highest BCUT2D eigenvalue weighted by atomic mass is 16.6. The summed E-state index contributed by atoms with van der Waals surface area (Å²) in [6, 6.07) is 12.0. The number of nitrogens with two attached hydrogens (primary N) is 1. The van der Waals surface area contributed by atoms with Gasteiger partial charge >= 0.3 is 0 Å². The van der Waals surface area contributed by atoms with Gasteiger partial charge in [0, 0.05) is 17.8 Å². The Bertz CT molecular complexity index is 653. The Kier molecular flexibility index (Phi) is 3.60. The molecule has 0 unspecified atom stereocenters. The second-order valence-corrected chi connectivity index (χ2v) is 5.49. The molecule has 110 valence electrons. The van der Waals surface area contributed by atoms with Crippen LogP contribution < -0.4 is 20.5 Å². The van der Waals surface area contributed by atoms with E-state index in [1.807, 2.05) is 24.3 Å². The Balaban J connectivity index is 1.89. The molecule has 1 heterocycles. The lowest BCUT2D eigenvalue weighted by atomic mass is 10.0. The van der Waals surface area contributed by atoms with Crippen molar-refractivity contribution in [1.82, 2.24) is 0 Å². The van der Waals surface area contributed by atoms with E-state index in [0.717, 1.165) is 17.1 Å². The highest BCUT2D eigenvalue weighted by Crippen LogP contribution is 2.38. The fraction of sp³-hybridized carbons (Fsp3) is 0.294. The van der Waals surface area contributed by atoms with Crippen molar-refractivity contribution in [2.24, 2.45) is 0 Å². The molecular weight excluding hydrogens is 264 g/mol. The fourth-order valence-electron chi connectivity index (χ4n) is 2.34. The molecule has 0 amide bonds. The molecule has 0 aromatic heterocycles. The molecule has 0 bridgehead atoms. The van der Waals surface area contributed by atoms with Crippen LogP contribution in [0.4, 0.5) is 17.1 Å². The standard InChI is InChI=1S/C17H20N2O2/c1-11(2)12-4-3-5-13(8-12)19-15-10-17-16(9-14(15)18)20-6-7-21-17/h3-5,8-11,19H,6-7,18H2,1-2H3. The van der Waals surface area contributed by atoms with Crippen molar-refractivity contribution in [3.05, 3.63) is 42.0 Å². The number of anilines is 3. The number of benzene rings is 2. The first-order chi connectivity index (χ1) is 10.1. The Morgan fingerprint density at radius 1 is 1.05 bits per heavy atom. The van der Waals surface area contributed by atoms with E-state index in [2.05, 4.69) is 31.3 Å². The summed E-state index contributed by atoms with van der Waals surface area (Å²) in [6.07, 6.45) is 0. The van der Waals surface area contributed by atoms with Crippen LogP contribution in [0.2, 0.25) is 0 Å². The highest BCUT2D eigenvalue weighted by molar-refractivity contribution is 5.77. The van der Waals surface area contributed by atoms with E-state index in [9.17, 15) is 0 Å². The van der Waals surface area contributed by atoms with Crippen LogP contribution in [-0.4, -0.2) is 13.2 Å². The lowest BCUT2D eigenvalue weighted by Crippen LogP contribution is -2.15. The average Bonchev–Trinajstić information content (AvgIpc) is 2.48. The van der Waals surface area contributed by atoms with Gasteiger partial charge in [0.05, 0.1) is 11.4 Å². The summed E-state index contributed by atoms with van der Waals surface area (Å²) in [5.41, 5.74) is 9.88. The minimum atomic E-state index is 0.490. The van der Waals surface area contributed by atoms with E-state index >= 15 is 0 Å². The van der Waals surface area contributed by atoms with Crippen molar-refractivity contribution in [3.63, 3.8) is 0 Å². The van der Waals surface area contributed by atoms with E-state index in [1.165, 1.54) is 5.56 Å². The third kappa shape index (κ3) is 2.89. The van der Waals surface area contributed by atoms with Gasteiger partial charge in [-0.05, 0) is 23.6 Å². The van der Waals surface area contributed by atoms with E-state index in [4.69, 9.17) is 15.2 Å². The first-order valence-corrected chi connectivity index (χ1v) is 7.19. The third-order valence-electron chi connectivity index (χ3n) is 3.55. The Hall–Kier alpha value is -2.36. The second kappa shape index (κ2) is 5.56. The van der Waals surface area contributed by atoms with Crippen LogP contribution >= 0.6 is 0 Å². The van der Waals surface area contributed by atoms with Gasteiger partial charge in [0.2, 0.25) is 0 Å². The zero-order chi connectivity index (χ0) is 14.8. The first-order valence-electron chi connectivity index (χ1n) is 7.19. The molecule has 2 aromatic rings. The SMILES string of the molecule is CC(C)c1cccc(Nc2cc3c(cc2N)OCCO3)c1. The van der Waals surface area contributed by atoms with Gasteiger partial charge in [-0.1, -0.05) is 26.0 Å². The lowest BCUT2D eigenvalue weighted by Gasteiger charge is -2.20. The monoisotopic (exact) mass is 284 g/mol. The summed E-state index contributed by atoms with van der Waals surface area (Å²) in [5, 5.41) is 3.36. The summed E-state index contributed by atoms with van der Waals surface area (Å²) >= 11 is 0. The molecule has 0 saturated carbocycles. The van der Waals surface area contributed by atoms with Crippen LogP contribution in [0.5, 0.6) is 11.5 Å². The molecule has 1 aliphatic rings. The van der Waals surface area contributed by atoms with E-state index in [-0.39, 0.29) is 0 Å². The van der Waals surface area contributed by atoms with Crippen LogP contribution in [0.3, 0.4) is 0 Å². The zero-order valence-electron chi connectivity index (χ0n) is 12.3. The van der Waals surface area contributed by atoms with Gasteiger partial charge in [-0.2, -0.15) is 0 Å². The molecule has 2 aromatic carbocycles. The minimum absolute atomic E-state index is 0.490. The zero-order valence-corrected chi connectivity index (χ0v) is 12.3. The summed E-state index contributed by atoms with van der Waals surface area (Å²) < 4.78 is 11.1. The Morgan fingerprint density at radius 3 is 2.48 bits per heavy atom. The van der Waals surface area contributed by atoms with Crippen molar-refractivity contribution in [2.75, 3.05) is 24.3 Å². The molecule has 21 heavy (non-hydrogen) atoms. The highest BCUT2D eigenvalue weighted by Gasteiger charge is 2.14. The topological polar surface area (TPSA) is 56.5 Å². The first kappa shape index (κ1) is 13.6. The maximum atomic E-state index is 6.09. The van der Waals surface area contributed by atoms with Crippen molar-refractivity contribution < 1.29 is 9.47 Å². The van der Waals surface area contributed by atoms with Crippen molar-refractivity contribution in [1.29, 1.82) is 0 Å². The molecular formula is C17H20N2O2. The summed E-state index contributed by atoms with van der Waals surface area (Å²) in [4.78, 5) is 0. The number of nitrogen functional groups attached to an aromatic ring is 1. The van der Waals surface area contributed by atoms with Crippen LogP contribution in [0.1, 0.15) is 25.3 Å². The molecule has 0 saturated heterocycles. The fourth-order valence-corrected chi connectivity index (χ4v) is 2.34. The number of hydrogen-bond acceptors (Lipinski definition) is 4. The number of hydrogen-bond donors (Lipinski definition) is 2. The van der Waals surface area contributed by atoms with Crippen LogP contribution in [-0.2, 0) is 0 Å². The second-order valence-electron chi connectivity index (χ2n) is 5.49. The predicted molar refractivity (Wildman–Crippen MR) is 85.7 cm³/mol. The molecule has 0 atom stereocenters. The molecule has 0 spiro atoms. The normalized spacial score (nSPS) is 13.3. The van der Waals surface area contributed by atoms with Gasteiger partial charge < -0.3 is 20.5 Å². The molecule has 1 aliphatic heterocycles. The number of rotatable bonds is 3. The summed E-state index contributed by atoms with van der Waals surface area (Å²) in [7, 11) is 0. The minimum Gasteiger partial charge on any atom is -0.486 e. The largest absolute Gasteiger partial charge is 0.486 e. The molecule has 0 aliphatic carbocycles. The smallest absolute Gasteiger partial charge is 0.163 e. The van der Waals surface area contributed by atoms with Gasteiger partial charge in [0.15, 0.2) is 11.5 Å². The molecule has 0 fully saturated rings. The molecule has 3 rings (SSSR count). The number of nitrogens with one attached hydrogen (secondary N) is 1. The Morgan fingerprint density at radius 2 is 1.76 bits per heavy atom. The van der Waals surface area contributed by atoms with Gasteiger partial charge in [0.25, 0.3) is 0 Å².